The predicted octanol–water partition coefficient (Wildman–Crippen LogP) is 3.23. The van der Waals surface area contributed by atoms with E-state index in [-0.39, 0.29) is 22.0 Å². The van der Waals surface area contributed by atoms with Gasteiger partial charge in [0, 0.05) is 5.56 Å². The van der Waals surface area contributed by atoms with E-state index >= 15 is 0 Å². The maximum absolute atomic E-state index is 13.1. The van der Waals surface area contributed by atoms with E-state index in [0.29, 0.717) is 0 Å². The van der Waals surface area contributed by atoms with Crippen LogP contribution >= 0.6 is 23.2 Å². The summed E-state index contributed by atoms with van der Waals surface area (Å²) < 4.78 is 13.1. The van der Waals surface area contributed by atoms with Gasteiger partial charge in [-0.05, 0) is 12.1 Å². The first kappa shape index (κ1) is 11.0. The van der Waals surface area contributed by atoms with Gasteiger partial charge in [-0.1, -0.05) is 23.2 Å². The molecule has 0 fully saturated rings. The summed E-state index contributed by atoms with van der Waals surface area (Å²) >= 11 is 11.0. The molecular weight excluding hydrogens is 228 g/mol. The van der Waals surface area contributed by atoms with Gasteiger partial charge in [0.15, 0.2) is 11.6 Å². The number of Topliss-reactive ketones (excluding diaryl/α,β-unsaturated/α-hetero) is 1. The van der Waals surface area contributed by atoms with Gasteiger partial charge >= 0.3 is 0 Å². The van der Waals surface area contributed by atoms with Crippen LogP contribution in [-0.2, 0) is 0 Å². The van der Waals surface area contributed by atoms with Crippen LogP contribution in [0.4, 0.5) is 4.39 Å². The zero-order chi connectivity index (χ0) is 10.7. The van der Waals surface area contributed by atoms with Gasteiger partial charge < -0.3 is 0 Å². The molecule has 0 atom stereocenters. The van der Waals surface area contributed by atoms with Gasteiger partial charge in [-0.25, -0.2) is 4.39 Å². The first-order valence-corrected chi connectivity index (χ1v) is 4.37. The largest absolute Gasteiger partial charge is 0.293 e. The second-order valence-corrected chi connectivity index (χ2v) is 3.27. The highest BCUT2D eigenvalue weighted by atomic mass is 35.5. The first-order valence-electron chi connectivity index (χ1n) is 3.61. The minimum Gasteiger partial charge on any atom is -0.293 e. The number of rotatable bonds is 2. The Morgan fingerprint density at radius 1 is 1.50 bits per heavy atom. The van der Waals surface area contributed by atoms with Crippen LogP contribution in [0.2, 0.25) is 10.0 Å². The van der Waals surface area contributed by atoms with Crippen molar-refractivity contribution in [1.29, 1.82) is 5.26 Å². The summed E-state index contributed by atoms with van der Waals surface area (Å²) in [6.07, 6.45) is -0.333. The Morgan fingerprint density at radius 2 is 2.14 bits per heavy atom. The monoisotopic (exact) mass is 231 g/mol. The van der Waals surface area contributed by atoms with Gasteiger partial charge in [-0.15, -0.1) is 0 Å². The van der Waals surface area contributed by atoms with Gasteiger partial charge in [0.05, 0.1) is 22.5 Å². The molecule has 1 aromatic rings. The van der Waals surface area contributed by atoms with E-state index in [9.17, 15) is 9.18 Å². The molecule has 1 rings (SSSR count). The Bertz CT molecular complexity index is 426. The van der Waals surface area contributed by atoms with Crippen LogP contribution < -0.4 is 0 Å². The minimum atomic E-state index is -0.836. The highest BCUT2D eigenvalue weighted by Gasteiger charge is 2.15. The number of nitrogens with zero attached hydrogens (tertiary/aromatic N) is 1. The highest BCUT2D eigenvalue weighted by molar-refractivity contribution is 6.37. The molecule has 0 radical (unpaired) electrons. The molecule has 0 aliphatic heterocycles. The molecule has 72 valence electrons. The maximum Gasteiger partial charge on any atom is 0.178 e. The molecule has 0 heterocycles. The number of nitriles is 1. The maximum atomic E-state index is 13.1. The van der Waals surface area contributed by atoms with Gasteiger partial charge in [0.1, 0.15) is 0 Å². The molecule has 14 heavy (non-hydrogen) atoms. The zero-order valence-corrected chi connectivity index (χ0v) is 8.36. The van der Waals surface area contributed by atoms with Crippen LogP contribution in [0.1, 0.15) is 16.8 Å². The molecule has 0 aromatic heterocycles. The molecule has 0 saturated heterocycles. The van der Waals surface area contributed by atoms with E-state index in [1.165, 1.54) is 12.1 Å². The molecule has 1 aromatic carbocycles. The van der Waals surface area contributed by atoms with Crippen molar-refractivity contribution in [3.63, 3.8) is 0 Å². The number of ketones is 1. The summed E-state index contributed by atoms with van der Waals surface area (Å²) in [7, 11) is 0. The van der Waals surface area contributed by atoms with E-state index in [1.807, 2.05) is 0 Å². The molecule has 0 N–H and O–H groups in total. The molecule has 0 unspecified atom stereocenters. The lowest BCUT2D eigenvalue weighted by Crippen LogP contribution is -2.00. The van der Waals surface area contributed by atoms with Gasteiger partial charge in [0.25, 0.3) is 0 Å². The molecule has 0 amide bonds. The summed E-state index contributed by atoms with van der Waals surface area (Å²) in [6, 6.07) is 4.19. The number of carbonyl (C=O) groups excluding carboxylic acids is 1. The Kier molecular flexibility index (Phi) is 3.45. The van der Waals surface area contributed by atoms with Crippen LogP contribution in [0.3, 0.4) is 0 Å². The average Bonchev–Trinajstić information content (AvgIpc) is 2.15. The molecule has 0 spiro atoms. The number of hydrogen-bond acceptors (Lipinski definition) is 2. The fraction of sp³-hybridized carbons (Fsp3) is 0.111. The Morgan fingerprint density at radius 3 is 2.71 bits per heavy atom. The Hall–Kier alpha value is -1.11. The number of hydrogen-bond donors (Lipinski definition) is 0. The van der Waals surface area contributed by atoms with Crippen molar-refractivity contribution in [3.05, 3.63) is 33.6 Å². The lowest BCUT2D eigenvalue weighted by molar-refractivity contribution is 0.0997. The van der Waals surface area contributed by atoms with Crippen molar-refractivity contribution < 1.29 is 9.18 Å². The van der Waals surface area contributed by atoms with E-state index in [4.69, 9.17) is 28.5 Å². The number of carbonyl (C=O) groups is 1. The van der Waals surface area contributed by atoms with Crippen LogP contribution in [0.15, 0.2) is 12.1 Å². The van der Waals surface area contributed by atoms with Crippen molar-refractivity contribution in [2.75, 3.05) is 0 Å². The summed E-state index contributed by atoms with van der Waals surface area (Å²) in [4.78, 5) is 11.2. The van der Waals surface area contributed by atoms with Gasteiger partial charge in [-0.3, -0.25) is 4.79 Å². The summed E-state index contributed by atoms with van der Waals surface area (Å²) in [5.74, 6) is -1.36. The quantitative estimate of drug-likeness (QED) is 0.580. The van der Waals surface area contributed by atoms with E-state index in [2.05, 4.69) is 0 Å². The van der Waals surface area contributed by atoms with E-state index in [1.54, 1.807) is 6.07 Å². The molecule has 2 nitrogen and oxygen atoms in total. The van der Waals surface area contributed by atoms with Crippen LogP contribution in [0.5, 0.6) is 0 Å². The van der Waals surface area contributed by atoms with Crippen LogP contribution in [0.25, 0.3) is 0 Å². The standard InChI is InChI=1S/C9H4Cl2FNO/c10-6-2-1-5(7(14)3-4-13)8(11)9(6)12/h1-2H,3H2. The number of halogens is 3. The fourth-order valence-corrected chi connectivity index (χ4v) is 1.38. The molecule has 0 aliphatic rings. The third-order valence-electron chi connectivity index (χ3n) is 1.58. The highest BCUT2D eigenvalue weighted by Crippen LogP contribution is 2.26. The summed E-state index contributed by atoms with van der Waals surface area (Å²) in [5, 5.41) is 7.79. The van der Waals surface area contributed by atoms with Gasteiger partial charge in [0.2, 0.25) is 0 Å². The Balaban J connectivity index is 3.19. The molecule has 5 heteroatoms. The summed E-state index contributed by atoms with van der Waals surface area (Å²) in [6.45, 7) is 0. The topological polar surface area (TPSA) is 40.9 Å². The zero-order valence-electron chi connectivity index (χ0n) is 6.85. The molecule has 0 bridgehead atoms. The van der Waals surface area contributed by atoms with Crippen molar-refractivity contribution in [2.24, 2.45) is 0 Å². The fourth-order valence-electron chi connectivity index (χ4n) is 0.908. The predicted molar refractivity (Wildman–Crippen MR) is 51.0 cm³/mol. The third kappa shape index (κ3) is 2.03. The second kappa shape index (κ2) is 4.41. The van der Waals surface area contributed by atoms with E-state index in [0.717, 1.165) is 0 Å². The second-order valence-electron chi connectivity index (χ2n) is 2.48. The molecular formula is C9H4Cl2FNO. The normalized spacial score (nSPS) is 9.57. The lowest BCUT2D eigenvalue weighted by Gasteiger charge is -2.02. The molecule has 0 aliphatic carbocycles. The SMILES string of the molecule is N#CCC(=O)c1ccc(Cl)c(F)c1Cl. The van der Waals surface area contributed by atoms with Crippen molar-refractivity contribution in [3.8, 4) is 6.07 Å². The van der Waals surface area contributed by atoms with Crippen LogP contribution in [0, 0.1) is 17.1 Å². The number of benzene rings is 1. The smallest absolute Gasteiger partial charge is 0.178 e. The van der Waals surface area contributed by atoms with Gasteiger partial charge in [-0.2, -0.15) is 5.26 Å². The van der Waals surface area contributed by atoms with Crippen molar-refractivity contribution in [2.45, 2.75) is 6.42 Å². The third-order valence-corrected chi connectivity index (χ3v) is 2.24. The minimum absolute atomic E-state index is 0.0184. The Labute approximate surface area is 89.9 Å². The molecule has 0 saturated carbocycles. The van der Waals surface area contributed by atoms with Crippen molar-refractivity contribution in [1.82, 2.24) is 0 Å². The first-order chi connectivity index (χ1) is 6.57. The van der Waals surface area contributed by atoms with Crippen molar-refractivity contribution >= 4 is 29.0 Å². The summed E-state index contributed by atoms with van der Waals surface area (Å²) in [5.41, 5.74) is -0.0184. The van der Waals surface area contributed by atoms with E-state index < -0.39 is 11.6 Å². The van der Waals surface area contributed by atoms with Crippen LogP contribution in [-0.4, -0.2) is 5.78 Å². The lowest BCUT2D eigenvalue weighted by atomic mass is 10.1. The average molecular weight is 232 g/mol.